The number of para-hydroxylation sites is 1. The van der Waals surface area contributed by atoms with E-state index >= 15 is 0 Å². The van der Waals surface area contributed by atoms with Crippen molar-refractivity contribution < 1.29 is 14.3 Å². The van der Waals surface area contributed by atoms with Crippen LogP contribution in [0.3, 0.4) is 0 Å². The molecule has 0 radical (unpaired) electrons. The number of hydrogen-bond donors (Lipinski definition) is 1. The Kier molecular flexibility index (Phi) is 4.18. The average Bonchev–Trinajstić information content (AvgIpc) is 2.43. The molecular formula is C15H22N2O3. The van der Waals surface area contributed by atoms with Gasteiger partial charge in [-0.2, -0.15) is 0 Å². The van der Waals surface area contributed by atoms with Crippen molar-refractivity contribution in [3.8, 4) is 11.5 Å². The summed E-state index contributed by atoms with van der Waals surface area (Å²) >= 11 is 0. The molecule has 0 atom stereocenters. The highest BCUT2D eigenvalue weighted by Gasteiger charge is 2.41. The highest BCUT2D eigenvalue weighted by molar-refractivity contribution is 5.87. The van der Waals surface area contributed by atoms with Crippen LogP contribution in [0.2, 0.25) is 0 Å². The highest BCUT2D eigenvalue weighted by Crippen LogP contribution is 2.34. The second-order valence-corrected chi connectivity index (χ2v) is 5.32. The molecule has 1 fully saturated rings. The minimum absolute atomic E-state index is 0.00590. The first kappa shape index (κ1) is 14.7. The summed E-state index contributed by atoms with van der Waals surface area (Å²) in [7, 11) is 4.97. The normalized spacial score (nSPS) is 16.2. The van der Waals surface area contributed by atoms with Gasteiger partial charge in [-0.3, -0.25) is 4.79 Å². The van der Waals surface area contributed by atoms with Crippen LogP contribution in [0.15, 0.2) is 18.2 Å². The predicted octanol–water partition coefficient (Wildman–Crippen LogP) is 1.54. The van der Waals surface area contributed by atoms with E-state index in [2.05, 4.69) is 0 Å². The summed E-state index contributed by atoms with van der Waals surface area (Å²) < 4.78 is 10.6. The monoisotopic (exact) mass is 278 g/mol. The first-order valence-corrected chi connectivity index (χ1v) is 6.76. The summed E-state index contributed by atoms with van der Waals surface area (Å²) in [6, 6.07) is 5.65. The van der Waals surface area contributed by atoms with Gasteiger partial charge in [0.25, 0.3) is 0 Å². The van der Waals surface area contributed by atoms with Crippen molar-refractivity contribution in [3.05, 3.63) is 23.8 Å². The van der Waals surface area contributed by atoms with Gasteiger partial charge in [-0.05, 0) is 25.3 Å². The van der Waals surface area contributed by atoms with Crippen molar-refractivity contribution in [2.75, 3.05) is 21.3 Å². The quantitative estimate of drug-likeness (QED) is 0.887. The molecule has 0 heterocycles. The molecule has 110 valence electrons. The van der Waals surface area contributed by atoms with Crippen molar-refractivity contribution in [1.29, 1.82) is 0 Å². The molecule has 20 heavy (non-hydrogen) atoms. The third-order valence-corrected chi connectivity index (χ3v) is 3.91. The highest BCUT2D eigenvalue weighted by atomic mass is 16.5. The van der Waals surface area contributed by atoms with Crippen LogP contribution in [-0.4, -0.2) is 37.6 Å². The zero-order valence-corrected chi connectivity index (χ0v) is 12.3. The third kappa shape index (κ3) is 2.58. The van der Waals surface area contributed by atoms with Crippen molar-refractivity contribution in [2.24, 2.45) is 5.73 Å². The lowest BCUT2D eigenvalue weighted by Crippen LogP contribution is -2.58. The van der Waals surface area contributed by atoms with Crippen LogP contribution in [-0.2, 0) is 11.3 Å². The fraction of sp³-hybridized carbons (Fsp3) is 0.533. The predicted molar refractivity (Wildman–Crippen MR) is 76.8 cm³/mol. The molecule has 1 amide bonds. The standard InChI is InChI=1S/C15H22N2O3/c1-17(14(18)15(16)8-5-9-15)10-11-6-4-7-12(19-2)13(11)20-3/h4,6-7H,5,8-10,16H2,1-3H3. The molecule has 1 aliphatic rings. The van der Waals surface area contributed by atoms with E-state index < -0.39 is 5.54 Å². The Morgan fingerprint density at radius 1 is 1.35 bits per heavy atom. The van der Waals surface area contributed by atoms with Crippen molar-refractivity contribution in [1.82, 2.24) is 4.90 Å². The maximum absolute atomic E-state index is 12.3. The number of carbonyl (C=O) groups is 1. The number of hydrogen-bond acceptors (Lipinski definition) is 4. The summed E-state index contributed by atoms with van der Waals surface area (Å²) in [4.78, 5) is 14.0. The molecule has 0 aliphatic heterocycles. The van der Waals surface area contributed by atoms with E-state index in [0.29, 0.717) is 18.0 Å². The van der Waals surface area contributed by atoms with E-state index in [9.17, 15) is 4.79 Å². The van der Waals surface area contributed by atoms with Gasteiger partial charge in [0.15, 0.2) is 11.5 Å². The Morgan fingerprint density at radius 3 is 2.55 bits per heavy atom. The summed E-state index contributed by atoms with van der Waals surface area (Å²) in [6.45, 7) is 0.457. The topological polar surface area (TPSA) is 64.8 Å². The number of carbonyl (C=O) groups excluding carboxylic acids is 1. The van der Waals surface area contributed by atoms with Crippen LogP contribution in [0, 0.1) is 0 Å². The molecule has 0 spiro atoms. The van der Waals surface area contributed by atoms with Crippen molar-refractivity contribution >= 4 is 5.91 Å². The van der Waals surface area contributed by atoms with Crippen molar-refractivity contribution in [2.45, 2.75) is 31.3 Å². The van der Waals surface area contributed by atoms with Crippen LogP contribution in [0.1, 0.15) is 24.8 Å². The molecule has 1 aliphatic carbocycles. The fourth-order valence-electron chi connectivity index (χ4n) is 2.56. The Hall–Kier alpha value is -1.75. The summed E-state index contributed by atoms with van der Waals surface area (Å²) in [5, 5.41) is 0. The maximum atomic E-state index is 12.3. The zero-order chi connectivity index (χ0) is 14.8. The molecule has 0 unspecified atom stereocenters. The van der Waals surface area contributed by atoms with Gasteiger partial charge in [-0.1, -0.05) is 12.1 Å². The molecule has 1 aromatic carbocycles. The van der Waals surface area contributed by atoms with E-state index in [-0.39, 0.29) is 5.91 Å². The van der Waals surface area contributed by atoms with Crippen LogP contribution in [0.4, 0.5) is 0 Å². The van der Waals surface area contributed by atoms with Gasteiger partial charge in [0.05, 0.1) is 19.8 Å². The fourth-order valence-corrected chi connectivity index (χ4v) is 2.56. The van der Waals surface area contributed by atoms with E-state index in [4.69, 9.17) is 15.2 Å². The largest absolute Gasteiger partial charge is 0.493 e. The van der Waals surface area contributed by atoms with Crippen molar-refractivity contribution in [3.63, 3.8) is 0 Å². The number of likely N-dealkylation sites (N-methyl/N-ethyl adjacent to an activating group) is 1. The lowest BCUT2D eigenvalue weighted by molar-refractivity contribution is -0.139. The van der Waals surface area contributed by atoms with Gasteiger partial charge >= 0.3 is 0 Å². The molecule has 0 saturated heterocycles. The van der Waals surface area contributed by atoms with Crippen LogP contribution in [0.25, 0.3) is 0 Å². The lowest BCUT2D eigenvalue weighted by Gasteiger charge is -2.39. The van der Waals surface area contributed by atoms with Gasteiger partial charge in [0.2, 0.25) is 5.91 Å². The first-order chi connectivity index (χ1) is 9.51. The number of amides is 1. The third-order valence-electron chi connectivity index (χ3n) is 3.91. The van der Waals surface area contributed by atoms with Gasteiger partial charge < -0.3 is 20.1 Å². The SMILES string of the molecule is COc1cccc(CN(C)C(=O)C2(N)CCC2)c1OC. The Balaban J connectivity index is 2.15. The van der Waals surface area contributed by atoms with Gasteiger partial charge in [-0.25, -0.2) is 0 Å². The first-order valence-electron chi connectivity index (χ1n) is 6.76. The van der Waals surface area contributed by atoms with E-state index in [0.717, 1.165) is 24.8 Å². The second kappa shape index (κ2) is 5.71. The number of ether oxygens (including phenoxy) is 2. The molecule has 1 aromatic rings. The molecule has 5 heteroatoms. The zero-order valence-electron chi connectivity index (χ0n) is 12.3. The van der Waals surface area contributed by atoms with E-state index in [1.807, 2.05) is 18.2 Å². The second-order valence-electron chi connectivity index (χ2n) is 5.32. The molecule has 5 nitrogen and oxygen atoms in total. The van der Waals surface area contributed by atoms with Gasteiger partial charge in [-0.15, -0.1) is 0 Å². The van der Waals surface area contributed by atoms with Crippen LogP contribution >= 0.6 is 0 Å². The van der Waals surface area contributed by atoms with Crippen LogP contribution < -0.4 is 15.2 Å². The molecule has 0 bridgehead atoms. The maximum Gasteiger partial charge on any atom is 0.242 e. The van der Waals surface area contributed by atoms with E-state index in [1.54, 1.807) is 26.2 Å². The van der Waals surface area contributed by atoms with E-state index in [1.165, 1.54) is 0 Å². The van der Waals surface area contributed by atoms with Crippen LogP contribution in [0.5, 0.6) is 11.5 Å². The number of benzene rings is 1. The molecular weight excluding hydrogens is 256 g/mol. The molecule has 2 rings (SSSR count). The molecule has 0 aromatic heterocycles. The van der Waals surface area contributed by atoms with Gasteiger partial charge in [0, 0.05) is 19.2 Å². The Morgan fingerprint density at radius 2 is 2.05 bits per heavy atom. The number of rotatable bonds is 5. The minimum atomic E-state index is -0.666. The number of nitrogens with two attached hydrogens (primary N) is 1. The van der Waals surface area contributed by atoms with Gasteiger partial charge in [0.1, 0.15) is 0 Å². The molecule has 1 saturated carbocycles. The summed E-state index contributed by atoms with van der Waals surface area (Å²) in [6.07, 6.45) is 2.56. The molecule has 2 N–H and O–H groups in total. The average molecular weight is 278 g/mol. The Bertz CT molecular complexity index is 498. The Labute approximate surface area is 119 Å². The minimum Gasteiger partial charge on any atom is -0.493 e. The number of nitrogens with zero attached hydrogens (tertiary/aromatic N) is 1. The number of methoxy groups -OCH3 is 2. The smallest absolute Gasteiger partial charge is 0.242 e. The lowest BCUT2D eigenvalue weighted by atomic mass is 9.76. The summed E-state index contributed by atoms with van der Waals surface area (Å²) in [5.41, 5.74) is 6.32. The summed E-state index contributed by atoms with van der Waals surface area (Å²) in [5.74, 6) is 1.32.